The van der Waals surface area contributed by atoms with Gasteiger partial charge in [0.25, 0.3) is 0 Å². The molecule has 0 heterocycles. The molecule has 2 nitrogen and oxygen atoms in total. The molecule has 0 aliphatic heterocycles. The maximum Gasteiger partial charge on any atom is 0.309 e. The van der Waals surface area contributed by atoms with Crippen molar-refractivity contribution in [3.8, 4) is 0 Å². The summed E-state index contributed by atoms with van der Waals surface area (Å²) in [5, 5.41) is 0. The molecular weight excluding hydrogens is 224 g/mol. The topological polar surface area (TPSA) is 26.3 Å². The third kappa shape index (κ3) is 3.37. The monoisotopic (exact) mass is 250 g/mol. The highest BCUT2D eigenvalue weighted by Gasteiger charge is 2.38. The SMILES string of the molecule is CC(C)(C)OC(=O)C1CCC2(CC=CCC2)CC1. The van der Waals surface area contributed by atoms with Gasteiger partial charge in [0, 0.05) is 0 Å². The molecule has 0 aromatic carbocycles. The molecule has 0 unspecified atom stereocenters. The van der Waals surface area contributed by atoms with E-state index in [1.807, 2.05) is 20.8 Å². The number of rotatable bonds is 1. The van der Waals surface area contributed by atoms with Gasteiger partial charge >= 0.3 is 5.97 Å². The molecule has 18 heavy (non-hydrogen) atoms. The molecule has 2 aliphatic rings. The van der Waals surface area contributed by atoms with Gasteiger partial charge in [0.1, 0.15) is 5.60 Å². The van der Waals surface area contributed by atoms with Crippen molar-refractivity contribution in [2.45, 2.75) is 71.3 Å². The predicted molar refractivity (Wildman–Crippen MR) is 73.2 cm³/mol. The number of carbonyl (C=O) groups excluding carboxylic acids is 1. The van der Waals surface area contributed by atoms with Gasteiger partial charge in [-0.3, -0.25) is 4.79 Å². The van der Waals surface area contributed by atoms with E-state index >= 15 is 0 Å². The van der Waals surface area contributed by atoms with Gasteiger partial charge in [-0.05, 0) is 71.1 Å². The average Bonchev–Trinajstić information content (AvgIpc) is 2.28. The molecule has 1 fully saturated rings. The molecule has 2 aliphatic carbocycles. The zero-order valence-electron chi connectivity index (χ0n) is 12.0. The van der Waals surface area contributed by atoms with Crippen molar-refractivity contribution < 1.29 is 9.53 Å². The predicted octanol–water partition coefficient (Wildman–Crippen LogP) is 4.24. The molecule has 0 atom stereocenters. The van der Waals surface area contributed by atoms with Crippen LogP contribution in [0, 0.1) is 11.3 Å². The van der Waals surface area contributed by atoms with Crippen molar-refractivity contribution in [1.29, 1.82) is 0 Å². The van der Waals surface area contributed by atoms with Crippen LogP contribution in [-0.2, 0) is 9.53 Å². The second-order valence-corrected chi connectivity index (χ2v) is 7.02. The summed E-state index contributed by atoms with van der Waals surface area (Å²) < 4.78 is 5.50. The molecule has 0 bridgehead atoms. The molecule has 0 aromatic rings. The van der Waals surface area contributed by atoms with E-state index in [0.717, 1.165) is 12.8 Å². The Hall–Kier alpha value is -0.790. The van der Waals surface area contributed by atoms with E-state index in [4.69, 9.17) is 4.74 Å². The minimum atomic E-state index is -0.347. The van der Waals surface area contributed by atoms with Crippen LogP contribution in [0.2, 0.25) is 0 Å². The number of esters is 1. The first-order chi connectivity index (χ1) is 8.40. The Morgan fingerprint density at radius 3 is 2.33 bits per heavy atom. The van der Waals surface area contributed by atoms with E-state index in [9.17, 15) is 4.79 Å². The Kier molecular flexibility index (Phi) is 3.84. The maximum atomic E-state index is 12.0. The molecule has 1 spiro atoms. The van der Waals surface area contributed by atoms with E-state index in [1.165, 1.54) is 32.1 Å². The molecule has 0 amide bonds. The largest absolute Gasteiger partial charge is 0.460 e. The number of allylic oxidation sites excluding steroid dienone is 2. The molecule has 0 radical (unpaired) electrons. The third-order valence-corrected chi connectivity index (χ3v) is 4.35. The number of carbonyl (C=O) groups is 1. The van der Waals surface area contributed by atoms with Crippen molar-refractivity contribution in [1.82, 2.24) is 0 Å². The van der Waals surface area contributed by atoms with E-state index in [0.29, 0.717) is 5.41 Å². The van der Waals surface area contributed by atoms with Gasteiger partial charge in [0.05, 0.1) is 5.92 Å². The van der Waals surface area contributed by atoms with Gasteiger partial charge in [0.2, 0.25) is 0 Å². The van der Waals surface area contributed by atoms with Gasteiger partial charge in [-0.25, -0.2) is 0 Å². The highest BCUT2D eigenvalue weighted by atomic mass is 16.6. The minimum absolute atomic E-state index is 0.0173. The normalized spacial score (nSPS) is 32.5. The van der Waals surface area contributed by atoms with Gasteiger partial charge in [-0.15, -0.1) is 0 Å². The standard InChI is InChI=1S/C16H26O2/c1-15(2,3)18-14(17)13-7-11-16(12-8-13)9-5-4-6-10-16/h4-5,13H,6-12H2,1-3H3. The lowest BCUT2D eigenvalue weighted by atomic mass is 9.65. The van der Waals surface area contributed by atoms with Crippen LogP contribution in [0.3, 0.4) is 0 Å². The molecule has 0 aromatic heterocycles. The maximum absolute atomic E-state index is 12.0. The van der Waals surface area contributed by atoms with Crippen LogP contribution < -0.4 is 0 Å². The number of hydrogen-bond donors (Lipinski definition) is 0. The van der Waals surface area contributed by atoms with Gasteiger partial charge in [-0.2, -0.15) is 0 Å². The van der Waals surface area contributed by atoms with Crippen molar-refractivity contribution >= 4 is 5.97 Å². The summed E-state index contributed by atoms with van der Waals surface area (Å²) in [4.78, 5) is 12.0. The van der Waals surface area contributed by atoms with Gasteiger partial charge < -0.3 is 4.74 Å². The van der Waals surface area contributed by atoms with Crippen LogP contribution in [0.1, 0.15) is 65.7 Å². The van der Waals surface area contributed by atoms with E-state index in [1.54, 1.807) is 0 Å². The fourth-order valence-electron chi connectivity index (χ4n) is 3.25. The third-order valence-electron chi connectivity index (χ3n) is 4.35. The summed E-state index contributed by atoms with van der Waals surface area (Å²) in [6.07, 6.45) is 12.8. The van der Waals surface area contributed by atoms with Crippen LogP contribution in [-0.4, -0.2) is 11.6 Å². The second kappa shape index (κ2) is 5.07. The molecule has 0 saturated heterocycles. The summed E-state index contributed by atoms with van der Waals surface area (Å²) >= 11 is 0. The fourth-order valence-corrected chi connectivity index (χ4v) is 3.25. The molecule has 0 N–H and O–H groups in total. The summed E-state index contributed by atoms with van der Waals surface area (Å²) in [6.45, 7) is 5.84. The van der Waals surface area contributed by atoms with Gasteiger partial charge in [0.15, 0.2) is 0 Å². The Balaban J connectivity index is 1.86. The summed E-state index contributed by atoms with van der Waals surface area (Å²) in [5.74, 6) is 0.157. The Labute approximate surface area is 111 Å². The summed E-state index contributed by atoms with van der Waals surface area (Å²) in [6, 6.07) is 0. The fraction of sp³-hybridized carbons (Fsp3) is 0.812. The lowest BCUT2D eigenvalue weighted by Gasteiger charge is -2.41. The molecule has 102 valence electrons. The summed E-state index contributed by atoms with van der Waals surface area (Å²) in [7, 11) is 0. The molecule has 1 saturated carbocycles. The highest BCUT2D eigenvalue weighted by molar-refractivity contribution is 5.73. The lowest BCUT2D eigenvalue weighted by molar-refractivity contribution is -0.162. The van der Waals surface area contributed by atoms with Crippen molar-refractivity contribution in [3.05, 3.63) is 12.2 Å². The number of ether oxygens (including phenoxy) is 1. The first-order valence-corrected chi connectivity index (χ1v) is 7.28. The zero-order valence-corrected chi connectivity index (χ0v) is 12.0. The zero-order chi connectivity index (χ0) is 13.2. The minimum Gasteiger partial charge on any atom is -0.460 e. The van der Waals surface area contributed by atoms with E-state index in [-0.39, 0.29) is 17.5 Å². The van der Waals surface area contributed by atoms with E-state index in [2.05, 4.69) is 12.2 Å². The van der Waals surface area contributed by atoms with Gasteiger partial charge in [-0.1, -0.05) is 12.2 Å². The van der Waals surface area contributed by atoms with Crippen LogP contribution in [0.5, 0.6) is 0 Å². The number of hydrogen-bond acceptors (Lipinski definition) is 2. The molecular formula is C16H26O2. The summed E-state index contributed by atoms with van der Waals surface area (Å²) in [5.41, 5.74) is 0.160. The van der Waals surface area contributed by atoms with E-state index < -0.39 is 0 Å². The van der Waals surface area contributed by atoms with Crippen LogP contribution in [0.25, 0.3) is 0 Å². The highest BCUT2D eigenvalue weighted by Crippen LogP contribution is 2.47. The molecule has 2 heteroatoms. The molecule has 2 rings (SSSR count). The van der Waals surface area contributed by atoms with Crippen molar-refractivity contribution in [2.75, 3.05) is 0 Å². The first-order valence-electron chi connectivity index (χ1n) is 7.28. The van der Waals surface area contributed by atoms with Crippen LogP contribution in [0.15, 0.2) is 12.2 Å². The van der Waals surface area contributed by atoms with Crippen molar-refractivity contribution in [3.63, 3.8) is 0 Å². The quantitative estimate of drug-likeness (QED) is 0.514. The average molecular weight is 250 g/mol. The Bertz CT molecular complexity index is 327. The van der Waals surface area contributed by atoms with Crippen LogP contribution in [0.4, 0.5) is 0 Å². The van der Waals surface area contributed by atoms with Crippen molar-refractivity contribution in [2.24, 2.45) is 11.3 Å². The lowest BCUT2D eigenvalue weighted by Crippen LogP contribution is -2.34. The first kappa shape index (κ1) is 13.6. The smallest absolute Gasteiger partial charge is 0.309 e. The Morgan fingerprint density at radius 2 is 1.83 bits per heavy atom. The second-order valence-electron chi connectivity index (χ2n) is 7.02. The van der Waals surface area contributed by atoms with Crippen LogP contribution >= 0.6 is 0 Å². The Morgan fingerprint density at radius 1 is 1.17 bits per heavy atom.